The molecule has 88 valence electrons. The highest BCUT2D eigenvalue weighted by atomic mass is 79.9. The normalized spacial score (nSPS) is 12.2. The summed E-state index contributed by atoms with van der Waals surface area (Å²) in [5, 5.41) is 8.26. The van der Waals surface area contributed by atoms with Crippen molar-refractivity contribution in [2.45, 2.75) is 18.2 Å². The van der Waals surface area contributed by atoms with Crippen molar-refractivity contribution in [2.75, 3.05) is 7.11 Å². The Morgan fingerprint density at radius 3 is 2.81 bits per heavy atom. The summed E-state index contributed by atoms with van der Waals surface area (Å²) in [5.74, 6) is -0.107. The third-order valence-corrected chi connectivity index (χ3v) is 3.24. The van der Waals surface area contributed by atoms with Gasteiger partial charge in [0, 0.05) is 6.42 Å². The van der Waals surface area contributed by atoms with Gasteiger partial charge in [0.05, 0.1) is 17.0 Å². The highest BCUT2D eigenvalue weighted by Crippen LogP contribution is 2.32. The molecule has 16 heavy (non-hydrogen) atoms. The lowest BCUT2D eigenvalue weighted by Crippen LogP contribution is -1.98. The number of rotatable bonds is 5. The molecule has 0 spiro atoms. The fourth-order valence-corrected chi connectivity index (χ4v) is 2.10. The lowest BCUT2D eigenvalue weighted by Gasteiger charge is -2.10. The molecule has 3 nitrogen and oxygen atoms in total. The number of hydrogen-bond acceptors (Lipinski definition) is 2. The lowest BCUT2D eigenvalue weighted by atomic mass is 10.1. The number of carboxylic acids is 1. The van der Waals surface area contributed by atoms with Crippen LogP contribution in [0.4, 0.5) is 0 Å². The van der Waals surface area contributed by atoms with Gasteiger partial charge in [-0.05, 0) is 40.0 Å². The maximum absolute atomic E-state index is 10.4. The van der Waals surface area contributed by atoms with Crippen LogP contribution < -0.4 is 4.74 Å². The van der Waals surface area contributed by atoms with Crippen LogP contribution in [0.2, 0.25) is 0 Å². The van der Waals surface area contributed by atoms with E-state index in [2.05, 4.69) is 15.9 Å². The van der Waals surface area contributed by atoms with Crippen molar-refractivity contribution in [3.63, 3.8) is 0 Å². The Hall–Kier alpha value is -0.740. The van der Waals surface area contributed by atoms with E-state index in [9.17, 15) is 4.79 Å². The number of aliphatic carboxylic acids is 1. The van der Waals surface area contributed by atoms with Crippen molar-refractivity contribution in [1.29, 1.82) is 0 Å². The van der Waals surface area contributed by atoms with E-state index in [0.717, 1.165) is 15.8 Å². The number of methoxy groups -OCH3 is 1. The highest BCUT2D eigenvalue weighted by Gasteiger charge is 2.11. The van der Waals surface area contributed by atoms with Crippen LogP contribution in [0.15, 0.2) is 22.7 Å². The molecular weight excluding hydrogens is 295 g/mol. The zero-order valence-electron chi connectivity index (χ0n) is 8.74. The first kappa shape index (κ1) is 13.3. The third-order valence-electron chi connectivity index (χ3n) is 2.15. The number of alkyl halides is 1. The molecule has 1 N–H and O–H groups in total. The van der Waals surface area contributed by atoms with E-state index < -0.39 is 5.97 Å². The van der Waals surface area contributed by atoms with Crippen LogP contribution in [0.25, 0.3) is 0 Å². The van der Waals surface area contributed by atoms with E-state index in [1.807, 2.05) is 12.1 Å². The second-order valence-corrected chi connectivity index (χ2v) is 4.68. The molecule has 0 aliphatic carbocycles. The van der Waals surface area contributed by atoms with Crippen LogP contribution in [-0.4, -0.2) is 18.2 Å². The van der Waals surface area contributed by atoms with E-state index in [1.54, 1.807) is 13.2 Å². The predicted octanol–water partition coefficient (Wildman–Crippen LogP) is 3.60. The third kappa shape index (κ3) is 3.68. The first-order valence-electron chi connectivity index (χ1n) is 4.74. The molecule has 1 rings (SSSR count). The van der Waals surface area contributed by atoms with E-state index in [4.69, 9.17) is 21.4 Å². The van der Waals surface area contributed by atoms with Crippen LogP contribution >= 0.6 is 27.5 Å². The van der Waals surface area contributed by atoms with Gasteiger partial charge in [-0.1, -0.05) is 6.07 Å². The van der Waals surface area contributed by atoms with Crippen LogP contribution in [0.5, 0.6) is 5.75 Å². The second-order valence-electron chi connectivity index (χ2n) is 3.29. The maximum Gasteiger partial charge on any atom is 0.303 e. The number of benzene rings is 1. The molecule has 0 bridgehead atoms. The molecule has 0 aromatic heterocycles. The van der Waals surface area contributed by atoms with Crippen molar-refractivity contribution in [1.82, 2.24) is 0 Å². The molecule has 5 heteroatoms. The van der Waals surface area contributed by atoms with Crippen LogP contribution in [-0.2, 0) is 4.79 Å². The molecule has 0 amide bonds. The van der Waals surface area contributed by atoms with E-state index in [-0.39, 0.29) is 11.8 Å². The minimum atomic E-state index is -0.835. The number of hydrogen-bond donors (Lipinski definition) is 1. The fourth-order valence-electron chi connectivity index (χ4n) is 1.29. The summed E-state index contributed by atoms with van der Waals surface area (Å²) in [7, 11) is 1.59. The standard InChI is InChI=1S/C11H12BrClO3/c1-16-10-4-2-7(6-8(10)12)9(13)3-5-11(14)15/h2,4,6,9H,3,5H2,1H3,(H,14,15). The molecule has 0 aliphatic rings. The molecule has 0 heterocycles. The molecule has 1 atom stereocenters. The summed E-state index contributed by atoms with van der Waals surface area (Å²) in [6.45, 7) is 0. The Bertz CT molecular complexity index is 381. The molecule has 0 fully saturated rings. The smallest absolute Gasteiger partial charge is 0.303 e. The van der Waals surface area contributed by atoms with Gasteiger partial charge in [0.1, 0.15) is 5.75 Å². The molecule has 0 aliphatic heterocycles. The van der Waals surface area contributed by atoms with Gasteiger partial charge in [0.15, 0.2) is 0 Å². The van der Waals surface area contributed by atoms with Crippen molar-refractivity contribution in [3.05, 3.63) is 28.2 Å². The number of carboxylic acid groups (broad SMARTS) is 1. The van der Waals surface area contributed by atoms with Crippen molar-refractivity contribution in [2.24, 2.45) is 0 Å². The summed E-state index contributed by atoms with van der Waals surface area (Å²) in [6, 6.07) is 5.48. The Balaban J connectivity index is 2.72. The molecule has 0 saturated heterocycles. The molecule has 1 unspecified atom stereocenters. The SMILES string of the molecule is COc1ccc(C(Cl)CCC(=O)O)cc1Br. The van der Waals surface area contributed by atoms with Gasteiger partial charge in [0.2, 0.25) is 0 Å². The van der Waals surface area contributed by atoms with E-state index >= 15 is 0 Å². The van der Waals surface area contributed by atoms with E-state index in [0.29, 0.717) is 6.42 Å². The average Bonchev–Trinajstić information content (AvgIpc) is 2.25. The number of ether oxygens (including phenoxy) is 1. The monoisotopic (exact) mass is 306 g/mol. The maximum atomic E-state index is 10.4. The summed E-state index contributed by atoms with van der Waals surface area (Å²) in [5.41, 5.74) is 0.885. The Morgan fingerprint density at radius 1 is 1.62 bits per heavy atom. The fraction of sp³-hybridized carbons (Fsp3) is 0.364. The first-order chi connectivity index (χ1) is 7.54. The Labute approximate surface area is 107 Å². The molecule has 0 saturated carbocycles. The van der Waals surface area contributed by atoms with Crippen LogP contribution in [0.3, 0.4) is 0 Å². The average molecular weight is 308 g/mol. The predicted molar refractivity (Wildman–Crippen MR) is 66.2 cm³/mol. The minimum absolute atomic E-state index is 0.0673. The van der Waals surface area contributed by atoms with Gasteiger partial charge >= 0.3 is 5.97 Å². The second kappa shape index (κ2) is 6.11. The summed E-state index contributed by atoms with van der Waals surface area (Å²) >= 11 is 9.45. The molecule has 1 aromatic rings. The topological polar surface area (TPSA) is 46.5 Å². The van der Waals surface area contributed by atoms with Crippen LogP contribution in [0.1, 0.15) is 23.8 Å². The van der Waals surface area contributed by atoms with Gasteiger partial charge in [-0.15, -0.1) is 11.6 Å². The quantitative estimate of drug-likeness (QED) is 0.845. The molecular formula is C11H12BrClO3. The Morgan fingerprint density at radius 2 is 2.31 bits per heavy atom. The minimum Gasteiger partial charge on any atom is -0.496 e. The number of halogens is 2. The largest absolute Gasteiger partial charge is 0.496 e. The number of carbonyl (C=O) groups is 1. The van der Waals surface area contributed by atoms with Crippen molar-refractivity contribution < 1.29 is 14.6 Å². The summed E-state index contributed by atoms with van der Waals surface area (Å²) in [6.07, 6.45) is 0.480. The van der Waals surface area contributed by atoms with Crippen molar-refractivity contribution in [3.8, 4) is 5.75 Å². The lowest BCUT2D eigenvalue weighted by molar-refractivity contribution is -0.137. The van der Waals surface area contributed by atoms with Gasteiger partial charge in [-0.2, -0.15) is 0 Å². The van der Waals surface area contributed by atoms with Gasteiger partial charge in [-0.3, -0.25) is 4.79 Å². The van der Waals surface area contributed by atoms with Crippen LogP contribution in [0, 0.1) is 0 Å². The highest BCUT2D eigenvalue weighted by molar-refractivity contribution is 9.10. The van der Waals surface area contributed by atoms with E-state index in [1.165, 1.54) is 0 Å². The summed E-state index contributed by atoms with van der Waals surface area (Å²) in [4.78, 5) is 10.4. The zero-order valence-corrected chi connectivity index (χ0v) is 11.1. The van der Waals surface area contributed by atoms with Gasteiger partial charge in [0.25, 0.3) is 0 Å². The van der Waals surface area contributed by atoms with Crippen molar-refractivity contribution >= 4 is 33.5 Å². The zero-order chi connectivity index (χ0) is 12.1. The Kier molecular flexibility index (Phi) is 5.09. The summed E-state index contributed by atoms with van der Waals surface area (Å²) < 4.78 is 5.91. The van der Waals surface area contributed by atoms with Gasteiger partial charge in [-0.25, -0.2) is 0 Å². The molecule has 0 radical (unpaired) electrons. The molecule has 1 aromatic carbocycles. The first-order valence-corrected chi connectivity index (χ1v) is 5.97. The van der Waals surface area contributed by atoms with Gasteiger partial charge < -0.3 is 9.84 Å².